The minimum Gasteiger partial charge on any atom is -0.346 e. The van der Waals surface area contributed by atoms with E-state index in [2.05, 4.69) is 27.0 Å². The number of nitrogens with one attached hydrogen (secondary N) is 1. The van der Waals surface area contributed by atoms with Crippen LogP contribution in [0.5, 0.6) is 0 Å². The fourth-order valence-electron chi connectivity index (χ4n) is 3.14. The van der Waals surface area contributed by atoms with Gasteiger partial charge in [-0.3, -0.25) is 0 Å². The summed E-state index contributed by atoms with van der Waals surface area (Å²) < 4.78 is 13.7. The van der Waals surface area contributed by atoms with Crippen LogP contribution in [0.3, 0.4) is 0 Å². The number of nitrogens with zero attached hydrogens (tertiary/aromatic N) is 2. The Morgan fingerprint density at radius 1 is 1.40 bits per heavy atom. The van der Waals surface area contributed by atoms with Gasteiger partial charge in [-0.2, -0.15) is 0 Å². The highest BCUT2D eigenvalue weighted by Gasteiger charge is 2.26. The predicted molar refractivity (Wildman–Crippen MR) is 79.7 cm³/mol. The van der Waals surface area contributed by atoms with Gasteiger partial charge in [0.1, 0.15) is 11.3 Å². The van der Waals surface area contributed by atoms with E-state index in [9.17, 15) is 4.39 Å². The van der Waals surface area contributed by atoms with Crippen molar-refractivity contribution in [2.24, 2.45) is 0 Å². The number of alkyl halides is 1. The second-order valence-electron chi connectivity index (χ2n) is 6.45. The lowest BCUT2D eigenvalue weighted by atomic mass is 9.89. The van der Waals surface area contributed by atoms with E-state index in [0.29, 0.717) is 12.5 Å². The van der Waals surface area contributed by atoms with Gasteiger partial charge in [0.05, 0.1) is 0 Å². The number of halogens is 1. The van der Waals surface area contributed by atoms with Crippen LogP contribution in [0.2, 0.25) is 0 Å². The van der Waals surface area contributed by atoms with Crippen LogP contribution in [0.25, 0.3) is 11.0 Å². The zero-order chi connectivity index (χ0) is 14.2. The summed E-state index contributed by atoms with van der Waals surface area (Å²) in [4.78, 5) is 9.82. The molecule has 1 saturated heterocycles. The van der Waals surface area contributed by atoms with E-state index in [1.54, 1.807) is 13.8 Å². The first kappa shape index (κ1) is 13.6. The zero-order valence-corrected chi connectivity index (χ0v) is 12.2. The number of piperidine rings is 1. The molecule has 108 valence electrons. The molecule has 1 fully saturated rings. The molecule has 20 heavy (non-hydrogen) atoms. The molecule has 2 aromatic heterocycles. The first-order valence-electron chi connectivity index (χ1n) is 7.35. The standard InChI is InChI=1S/C16H22FN3/c1-16(2,17)11-20-7-4-12(5-8-20)14-9-13-3-6-18-15(13)19-10-14/h3,6,9-10,12H,4-5,7-8,11H2,1-2H3,(H,18,19). The molecule has 1 aliphatic rings. The smallest absolute Gasteiger partial charge is 0.137 e. The molecule has 0 aromatic carbocycles. The van der Waals surface area contributed by atoms with Crippen molar-refractivity contribution in [3.8, 4) is 0 Å². The molecule has 0 unspecified atom stereocenters. The summed E-state index contributed by atoms with van der Waals surface area (Å²) in [5.74, 6) is 0.556. The van der Waals surface area contributed by atoms with Gasteiger partial charge in [-0.1, -0.05) is 0 Å². The van der Waals surface area contributed by atoms with Crippen LogP contribution in [0.15, 0.2) is 24.5 Å². The minimum atomic E-state index is -1.10. The third-order valence-corrected chi connectivity index (χ3v) is 4.08. The molecular weight excluding hydrogens is 253 g/mol. The summed E-state index contributed by atoms with van der Waals surface area (Å²) in [5.41, 5.74) is 1.17. The monoisotopic (exact) mass is 275 g/mol. The van der Waals surface area contributed by atoms with Crippen molar-refractivity contribution in [3.63, 3.8) is 0 Å². The summed E-state index contributed by atoms with van der Waals surface area (Å²) >= 11 is 0. The Kier molecular flexibility index (Phi) is 3.50. The fraction of sp³-hybridized carbons (Fsp3) is 0.562. The van der Waals surface area contributed by atoms with Crippen molar-refractivity contribution in [3.05, 3.63) is 30.1 Å². The summed E-state index contributed by atoms with van der Waals surface area (Å²) in [6.07, 6.45) is 6.09. The van der Waals surface area contributed by atoms with E-state index in [-0.39, 0.29) is 0 Å². The quantitative estimate of drug-likeness (QED) is 0.930. The van der Waals surface area contributed by atoms with Crippen molar-refractivity contribution >= 4 is 11.0 Å². The zero-order valence-electron chi connectivity index (χ0n) is 12.2. The van der Waals surface area contributed by atoms with Crippen LogP contribution in [-0.4, -0.2) is 40.2 Å². The normalized spacial score (nSPS) is 18.8. The van der Waals surface area contributed by atoms with Gasteiger partial charge in [0, 0.05) is 24.3 Å². The number of aromatic amines is 1. The molecule has 0 atom stereocenters. The van der Waals surface area contributed by atoms with Crippen LogP contribution < -0.4 is 0 Å². The van der Waals surface area contributed by atoms with Crippen LogP contribution in [0.1, 0.15) is 38.2 Å². The van der Waals surface area contributed by atoms with Gasteiger partial charge in [-0.15, -0.1) is 0 Å². The molecule has 0 amide bonds. The molecule has 1 aliphatic heterocycles. The lowest BCUT2D eigenvalue weighted by Crippen LogP contribution is -2.40. The highest BCUT2D eigenvalue weighted by molar-refractivity contribution is 5.75. The maximum atomic E-state index is 13.7. The van der Waals surface area contributed by atoms with E-state index >= 15 is 0 Å². The number of H-pyrrole nitrogens is 1. The average Bonchev–Trinajstić information content (AvgIpc) is 2.85. The Morgan fingerprint density at radius 2 is 2.15 bits per heavy atom. The maximum absolute atomic E-state index is 13.7. The Hall–Kier alpha value is -1.42. The molecule has 0 spiro atoms. The van der Waals surface area contributed by atoms with Gasteiger partial charge in [0.25, 0.3) is 0 Å². The third kappa shape index (κ3) is 3.01. The topological polar surface area (TPSA) is 31.9 Å². The Bertz CT molecular complexity index is 577. The van der Waals surface area contributed by atoms with E-state index in [1.807, 2.05) is 12.4 Å². The molecule has 0 bridgehead atoms. The molecule has 2 aromatic rings. The second-order valence-corrected chi connectivity index (χ2v) is 6.45. The van der Waals surface area contributed by atoms with E-state index in [1.165, 1.54) is 10.9 Å². The Morgan fingerprint density at radius 3 is 2.85 bits per heavy atom. The molecule has 3 rings (SSSR count). The Balaban J connectivity index is 1.65. The van der Waals surface area contributed by atoms with Gasteiger partial charge >= 0.3 is 0 Å². The first-order valence-corrected chi connectivity index (χ1v) is 7.35. The number of fused-ring (bicyclic) bond motifs is 1. The van der Waals surface area contributed by atoms with Crippen LogP contribution in [0.4, 0.5) is 4.39 Å². The van der Waals surface area contributed by atoms with Gasteiger partial charge < -0.3 is 9.88 Å². The number of hydrogen-bond acceptors (Lipinski definition) is 2. The molecule has 4 heteroatoms. The van der Waals surface area contributed by atoms with Crippen molar-refractivity contribution in [1.29, 1.82) is 0 Å². The van der Waals surface area contributed by atoms with Crippen molar-refractivity contribution in [2.75, 3.05) is 19.6 Å². The molecule has 1 N–H and O–H groups in total. The van der Waals surface area contributed by atoms with Crippen molar-refractivity contribution < 1.29 is 4.39 Å². The van der Waals surface area contributed by atoms with Crippen molar-refractivity contribution in [2.45, 2.75) is 38.3 Å². The second kappa shape index (κ2) is 5.17. The summed E-state index contributed by atoms with van der Waals surface area (Å²) in [6.45, 7) is 5.80. The number of rotatable bonds is 3. The minimum absolute atomic E-state index is 0.537. The third-order valence-electron chi connectivity index (χ3n) is 4.08. The van der Waals surface area contributed by atoms with Crippen LogP contribution in [-0.2, 0) is 0 Å². The number of pyridine rings is 1. The summed E-state index contributed by atoms with van der Waals surface area (Å²) in [7, 11) is 0. The first-order chi connectivity index (χ1) is 9.51. The molecule has 3 nitrogen and oxygen atoms in total. The van der Waals surface area contributed by atoms with Gasteiger partial charge in [0.2, 0.25) is 0 Å². The van der Waals surface area contributed by atoms with Crippen LogP contribution in [0, 0.1) is 0 Å². The number of likely N-dealkylation sites (tertiary alicyclic amines) is 1. The summed E-state index contributed by atoms with van der Waals surface area (Å²) in [5, 5.41) is 1.18. The highest BCUT2D eigenvalue weighted by Crippen LogP contribution is 2.29. The predicted octanol–water partition coefficient (Wildman–Crippen LogP) is 3.49. The van der Waals surface area contributed by atoms with Gasteiger partial charge in [0.15, 0.2) is 0 Å². The summed E-state index contributed by atoms with van der Waals surface area (Å²) in [6, 6.07) is 4.30. The highest BCUT2D eigenvalue weighted by atomic mass is 19.1. The molecule has 0 saturated carbocycles. The van der Waals surface area contributed by atoms with Crippen molar-refractivity contribution in [1.82, 2.24) is 14.9 Å². The Labute approximate surface area is 119 Å². The molecule has 0 radical (unpaired) electrons. The maximum Gasteiger partial charge on any atom is 0.137 e. The number of aromatic nitrogens is 2. The SMILES string of the molecule is CC(C)(F)CN1CCC(c2cnc3[nH]ccc3c2)CC1. The molecular formula is C16H22FN3. The van der Waals surface area contributed by atoms with E-state index in [0.717, 1.165) is 31.6 Å². The number of hydrogen-bond donors (Lipinski definition) is 1. The van der Waals surface area contributed by atoms with E-state index in [4.69, 9.17) is 0 Å². The van der Waals surface area contributed by atoms with Gasteiger partial charge in [-0.25, -0.2) is 9.37 Å². The molecule has 0 aliphatic carbocycles. The lowest BCUT2D eigenvalue weighted by Gasteiger charge is -2.34. The average molecular weight is 275 g/mol. The lowest BCUT2D eigenvalue weighted by molar-refractivity contribution is 0.106. The fourth-order valence-corrected chi connectivity index (χ4v) is 3.14. The largest absolute Gasteiger partial charge is 0.346 e. The van der Waals surface area contributed by atoms with Crippen LogP contribution >= 0.6 is 0 Å². The van der Waals surface area contributed by atoms with E-state index < -0.39 is 5.67 Å². The van der Waals surface area contributed by atoms with Gasteiger partial charge in [-0.05, 0) is 63.4 Å². The molecule has 3 heterocycles.